The molecule has 0 bridgehead atoms. The number of nitrogens with zero attached hydrogens (tertiary/aromatic N) is 4. The van der Waals surface area contributed by atoms with Gasteiger partial charge in [-0.3, -0.25) is 9.48 Å². The van der Waals surface area contributed by atoms with Gasteiger partial charge in [-0.05, 0) is 44.4 Å². The van der Waals surface area contributed by atoms with E-state index < -0.39 is 23.5 Å². The Hall–Kier alpha value is -3.36. The number of hydrogen-bond acceptors (Lipinski definition) is 5. The molecular formula is C25H28F2N6O. The molecule has 1 aromatic heterocycles. The highest BCUT2D eigenvalue weighted by Crippen LogP contribution is 2.53. The molecule has 1 amide bonds. The van der Waals surface area contributed by atoms with Crippen LogP contribution in [0.4, 0.5) is 8.78 Å². The lowest BCUT2D eigenvalue weighted by Crippen LogP contribution is -2.58. The smallest absolute Gasteiger partial charge is 0.282 e. The van der Waals surface area contributed by atoms with Crippen LogP contribution in [0.25, 0.3) is 11.1 Å². The quantitative estimate of drug-likeness (QED) is 0.696. The highest BCUT2D eigenvalue weighted by atomic mass is 19.3. The number of carbonyl (C=O) groups is 1. The second kappa shape index (κ2) is 7.58. The minimum atomic E-state index is -2.80. The lowest BCUT2D eigenvalue weighted by atomic mass is 9.61. The Kier molecular flexibility index (Phi) is 5.00. The highest BCUT2D eigenvalue weighted by molar-refractivity contribution is 6.00. The van der Waals surface area contributed by atoms with E-state index in [-0.39, 0.29) is 11.6 Å². The highest BCUT2D eigenvalue weighted by Gasteiger charge is 2.55. The molecule has 1 aromatic carbocycles. The number of hydrogen-bond donors (Lipinski definition) is 2. The molecule has 0 fully saturated rings. The topological polar surface area (TPSA) is 83.7 Å². The Balaban J connectivity index is 1.81. The molecule has 178 valence electrons. The van der Waals surface area contributed by atoms with Gasteiger partial charge < -0.3 is 10.6 Å². The third-order valence-corrected chi connectivity index (χ3v) is 7.04. The van der Waals surface area contributed by atoms with Crippen LogP contribution >= 0.6 is 0 Å². The minimum absolute atomic E-state index is 0.255. The zero-order valence-corrected chi connectivity index (χ0v) is 19.9. The number of halogens is 2. The number of alkyl halides is 2. The minimum Gasteiger partial charge on any atom is -0.362 e. The Morgan fingerprint density at radius 3 is 2.71 bits per heavy atom. The van der Waals surface area contributed by atoms with Gasteiger partial charge in [-0.25, -0.2) is 8.78 Å². The van der Waals surface area contributed by atoms with Crippen LogP contribution in [0.5, 0.6) is 0 Å². The molecule has 2 N–H and O–H groups in total. The van der Waals surface area contributed by atoms with Crippen LogP contribution in [0.2, 0.25) is 0 Å². The van der Waals surface area contributed by atoms with Gasteiger partial charge in [0.05, 0.1) is 16.7 Å². The second-order valence-corrected chi connectivity index (χ2v) is 9.87. The lowest BCUT2D eigenvalue weighted by Gasteiger charge is -2.48. The zero-order chi connectivity index (χ0) is 24.4. The Morgan fingerprint density at radius 2 is 2.06 bits per heavy atom. The number of aromatic nitrogens is 2. The van der Waals surface area contributed by atoms with Gasteiger partial charge in [0, 0.05) is 42.0 Å². The Morgan fingerprint density at radius 1 is 1.29 bits per heavy atom. The van der Waals surface area contributed by atoms with Gasteiger partial charge in [-0.2, -0.15) is 15.3 Å². The van der Waals surface area contributed by atoms with E-state index in [1.807, 2.05) is 65.2 Å². The molecule has 0 radical (unpaired) electrons. The van der Waals surface area contributed by atoms with E-state index in [2.05, 4.69) is 26.0 Å². The molecule has 0 spiro atoms. The van der Waals surface area contributed by atoms with Gasteiger partial charge in [-0.15, -0.1) is 0 Å². The van der Waals surface area contributed by atoms with Gasteiger partial charge in [0.1, 0.15) is 5.70 Å². The first-order chi connectivity index (χ1) is 16.1. The van der Waals surface area contributed by atoms with Crippen molar-refractivity contribution < 1.29 is 13.6 Å². The summed E-state index contributed by atoms with van der Waals surface area (Å²) in [7, 11) is 1.86. The maximum atomic E-state index is 14.2. The van der Waals surface area contributed by atoms with E-state index in [0.29, 0.717) is 24.0 Å². The monoisotopic (exact) mass is 466 g/mol. The fourth-order valence-electron chi connectivity index (χ4n) is 5.75. The molecule has 0 saturated carbocycles. The molecule has 34 heavy (non-hydrogen) atoms. The van der Waals surface area contributed by atoms with Gasteiger partial charge in [0.2, 0.25) is 0 Å². The molecule has 4 heterocycles. The Labute approximate surface area is 197 Å². The van der Waals surface area contributed by atoms with Crippen LogP contribution in [0.1, 0.15) is 44.9 Å². The summed E-state index contributed by atoms with van der Waals surface area (Å²) in [6, 6.07) is 7.78. The summed E-state index contributed by atoms with van der Waals surface area (Å²) in [6.07, 6.45) is -0.647. The average molecular weight is 467 g/mol. The fourth-order valence-corrected chi connectivity index (χ4v) is 5.75. The van der Waals surface area contributed by atoms with Crippen molar-refractivity contribution in [2.24, 2.45) is 17.3 Å². The van der Waals surface area contributed by atoms with Gasteiger partial charge in [0.15, 0.2) is 6.17 Å². The SMILES string of the molecule is CC[C@@]1(c2cccc(-c3cn(C)nc3C)c2)C2=C(CC(C)(C)NC2=O)NC2N=NC(C(F)F)=C21. The molecule has 1 unspecified atom stereocenters. The molecule has 3 aliphatic rings. The van der Waals surface area contributed by atoms with E-state index in [1.165, 1.54) is 0 Å². The summed E-state index contributed by atoms with van der Waals surface area (Å²) in [5, 5.41) is 18.8. The first-order valence-corrected chi connectivity index (χ1v) is 11.4. The molecule has 7 nitrogen and oxygen atoms in total. The summed E-state index contributed by atoms with van der Waals surface area (Å²) in [4.78, 5) is 13.6. The first kappa shape index (κ1) is 22.4. The largest absolute Gasteiger partial charge is 0.362 e. The van der Waals surface area contributed by atoms with Crippen molar-refractivity contribution in [1.29, 1.82) is 0 Å². The van der Waals surface area contributed by atoms with Crippen molar-refractivity contribution in [3.63, 3.8) is 0 Å². The first-order valence-electron chi connectivity index (χ1n) is 11.4. The fraction of sp³-hybridized carbons (Fsp3) is 0.440. The molecule has 9 heteroatoms. The molecule has 0 saturated heterocycles. The van der Waals surface area contributed by atoms with Crippen LogP contribution < -0.4 is 10.6 Å². The van der Waals surface area contributed by atoms with Gasteiger partial charge in [0.25, 0.3) is 12.3 Å². The summed E-state index contributed by atoms with van der Waals surface area (Å²) in [5.74, 6) is -0.255. The normalized spacial score (nSPS) is 25.4. The van der Waals surface area contributed by atoms with Crippen LogP contribution in [-0.4, -0.2) is 33.8 Å². The molecular weight excluding hydrogens is 438 g/mol. The molecule has 3 aliphatic heterocycles. The van der Waals surface area contributed by atoms with E-state index in [0.717, 1.165) is 28.1 Å². The number of aryl methyl sites for hydroxylation is 2. The van der Waals surface area contributed by atoms with Crippen LogP contribution in [-0.2, 0) is 17.3 Å². The number of nitrogens with one attached hydrogen (secondary N) is 2. The molecule has 2 aromatic rings. The predicted molar refractivity (Wildman–Crippen MR) is 124 cm³/mol. The third-order valence-electron chi connectivity index (χ3n) is 7.04. The van der Waals surface area contributed by atoms with Crippen molar-refractivity contribution >= 4 is 5.91 Å². The number of benzene rings is 1. The Bertz CT molecular complexity index is 1290. The van der Waals surface area contributed by atoms with Crippen molar-refractivity contribution in [3.05, 3.63) is 64.3 Å². The average Bonchev–Trinajstić information content (AvgIpc) is 3.34. The van der Waals surface area contributed by atoms with Crippen LogP contribution in [0.15, 0.2) is 63.2 Å². The van der Waals surface area contributed by atoms with Crippen molar-refractivity contribution in [3.8, 4) is 11.1 Å². The van der Waals surface area contributed by atoms with Crippen molar-refractivity contribution in [2.45, 2.75) is 64.1 Å². The second-order valence-electron chi connectivity index (χ2n) is 9.87. The molecule has 5 rings (SSSR count). The zero-order valence-electron chi connectivity index (χ0n) is 19.9. The van der Waals surface area contributed by atoms with Crippen molar-refractivity contribution in [2.75, 3.05) is 0 Å². The molecule has 0 aliphatic carbocycles. The van der Waals surface area contributed by atoms with Crippen LogP contribution in [0, 0.1) is 6.92 Å². The summed E-state index contributed by atoms with van der Waals surface area (Å²) >= 11 is 0. The van der Waals surface area contributed by atoms with E-state index in [9.17, 15) is 13.6 Å². The maximum Gasteiger partial charge on any atom is 0.282 e. The number of allylic oxidation sites excluding steroid dienone is 1. The van der Waals surface area contributed by atoms with E-state index >= 15 is 0 Å². The third kappa shape index (κ3) is 3.20. The predicted octanol–water partition coefficient (Wildman–Crippen LogP) is 4.51. The van der Waals surface area contributed by atoms with Crippen molar-refractivity contribution in [1.82, 2.24) is 20.4 Å². The summed E-state index contributed by atoms with van der Waals surface area (Å²) in [5.41, 5.74) is 3.16. The molecule has 2 atom stereocenters. The maximum absolute atomic E-state index is 14.2. The summed E-state index contributed by atoms with van der Waals surface area (Å²) in [6.45, 7) is 7.75. The number of azo groups is 1. The van der Waals surface area contributed by atoms with E-state index in [4.69, 9.17) is 0 Å². The number of rotatable bonds is 4. The van der Waals surface area contributed by atoms with Gasteiger partial charge >= 0.3 is 0 Å². The van der Waals surface area contributed by atoms with Crippen LogP contribution in [0.3, 0.4) is 0 Å². The summed E-state index contributed by atoms with van der Waals surface area (Å²) < 4.78 is 30.1. The number of fused-ring (bicyclic) bond motifs is 1. The van der Waals surface area contributed by atoms with Gasteiger partial charge in [-0.1, -0.05) is 25.1 Å². The number of amides is 1. The number of carbonyl (C=O) groups excluding carboxylic acids is 1. The standard InChI is InChI=1S/C25H28F2N6O/c1-6-25(15-9-7-8-14(10-15)16-12-33(5)32-13(16)2)18-17(11-24(3,4)29-23(18)34)28-22-19(25)20(21(26)27)30-31-22/h7-10,12,21-22,28H,6,11H2,1-5H3,(H,29,34)/t22?,25-/m1/s1. The van der Waals surface area contributed by atoms with E-state index in [1.54, 1.807) is 4.68 Å². The lowest BCUT2D eigenvalue weighted by molar-refractivity contribution is -0.120.